The molecule has 0 aromatic carbocycles. The van der Waals surface area contributed by atoms with Gasteiger partial charge in [-0.25, -0.2) is 4.79 Å². The Morgan fingerprint density at radius 2 is 2.00 bits per heavy atom. The molecule has 0 heterocycles. The second kappa shape index (κ2) is 2.47. The molecule has 1 fully saturated rings. The van der Waals surface area contributed by atoms with E-state index in [-0.39, 0.29) is 5.41 Å². The first kappa shape index (κ1) is 9.03. The maximum Gasteiger partial charge on any atom is 0.329 e. The van der Waals surface area contributed by atoms with Gasteiger partial charge in [0.05, 0.1) is 0 Å². The van der Waals surface area contributed by atoms with Crippen LogP contribution in [-0.4, -0.2) is 23.0 Å². The lowest BCUT2D eigenvalue weighted by Crippen LogP contribution is -2.63. The summed E-state index contributed by atoms with van der Waals surface area (Å²) in [4.78, 5) is 20.9. The van der Waals surface area contributed by atoms with Gasteiger partial charge in [-0.2, -0.15) is 0 Å². The van der Waals surface area contributed by atoms with Crippen LogP contribution in [0.2, 0.25) is 0 Å². The van der Waals surface area contributed by atoms with Crippen LogP contribution in [0, 0.1) is 5.41 Å². The van der Waals surface area contributed by atoms with Gasteiger partial charge in [0.2, 0.25) is 6.41 Å². The average molecular weight is 171 g/mol. The molecule has 12 heavy (non-hydrogen) atoms. The molecule has 0 bridgehead atoms. The lowest BCUT2D eigenvalue weighted by atomic mass is 9.59. The highest BCUT2D eigenvalue weighted by atomic mass is 16.4. The zero-order valence-corrected chi connectivity index (χ0v) is 7.26. The smallest absolute Gasteiger partial charge is 0.329 e. The van der Waals surface area contributed by atoms with E-state index in [0.717, 1.165) is 0 Å². The molecule has 0 atom stereocenters. The largest absolute Gasteiger partial charge is 0.480 e. The summed E-state index contributed by atoms with van der Waals surface area (Å²) in [5.41, 5.74) is -0.959. The lowest BCUT2D eigenvalue weighted by molar-refractivity contribution is -0.156. The number of nitrogens with one attached hydrogen (secondary N) is 1. The van der Waals surface area contributed by atoms with Crippen LogP contribution in [0.15, 0.2) is 0 Å². The van der Waals surface area contributed by atoms with Gasteiger partial charge in [0.15, 0.2) is 0 Å². The molecule has 1 saturated carbocycles. The molecular formula is C8H13NO3. The number of carboxylic acid groups (broad SMARTS) is 1. The van der Waals surface area contributed by atoms with E-state index < -0.39 is 11.5 Å². The molecule has 1 rings (SSSR count). The summed E-state index contributed by atoms with van der Waals surface area (Å²) in [6.07, 6.45) is 1.48. The van der Waals surface area contributed by atoms with Crippen LogP contribution in [-0.2, 0) is 9.59 Å². The molecule has 0 saturated heterocycles. The number of aliphatic carboxylic acids is 1. The van der Waals surface area contributed by atoms with Crippen LogP contribution in [0.4, 0.5) is 0 Å². The topological polar surface area (TPSA) is 66.4 Å². The van der Waals surface area contributed by atoms with Crippen LogP contribution in [0.25, 0.3) is 0 Å². The van der Waals surface area contributed by atoms with E-state index in [2.05, 4.69) is 5.32 Å². The molecule has 0 aliphatic heterocycles. The Hall–Kier alpha value is -1.06. The van der Waals surface area contributed by atoms with Gasteiger partial charge >= 0.3 is 5.97 Å². The normalized spacial score (nSPS) is 23.8. The number of carbonyl (C=O) groups is 2. The second-order valence-corrected chi connectivity index (χ2v) is 4.17. The van der Waals surface area contributed by atoms with Gasteiger partial charge in [-0.3, -0.25) is 4.79 Å². The molecule has 2 N–H and O–H groups in total. The predicted octanol–water partition coefficient (Wildman–Crippen LogP) is 0.376. The third kappa shape index (κ3) is 1.29. The third-order valence-electron chi connectivity index (χ3n) is 2.31. The van der Waals surface area contributed by atoms with Gasteiger partial charge in [0.1, 0.15) is 5.54 Å². The van der Waals surface area contributed by atoms with Crippen LogP contribution >= 0.6 is 0 Å². The van der Waals surface area contributed by atoms with Gasteiger partial charge in [-0.05, 0) is 18.3 Å². The Morgan fingerprint density at radius 3 is 2.25 bits per heavy atom. The Morgan fingerprint density at radius 1 is 1.50 bits per heavy atom. The first-order chi connectivity index (χ1) is 5.42. The average Bonchev–Trinajstić information content (AvgIpc) is 1.83. The number of amides is 1. The molecule has 4 heteroatoms. The Bertz CT molecular complexity index is 214. The van der Waals surface area contributed by atoms with Crippen molar-refractivity contribution in [1.29, 1.82) is 0 Å². The zero-order chi connectivity index (χ0) is 9.41. The first-order valence-corrected chi connectivity index (χ1v) is 3.87. The van der Waals surface area contributed by atoms with E-state index in [1.807, 2.05) is 13.8 Å². The van der Waals surface area contributed by atoms with Crippen molar-refractivity contribution in [3.05, 3.63) is 0 Å². The van der Waals surface area contributed by atoms with Crippen LogP contribution < -0.4 is 5.32 Å². The third-order valence-corrected chi connectivity index (χ3v) is 2.31. The Kier molecular flexibility index (Phi) is 1.86. The maximum atomic E-state index is 10.8. The molecule has 0 unspecified atom stereocenters. The summed E-state index contributed by atoms with van der Waals surface area (Å²) in [5.74, 6) is -0.936. The SMILES string of the molecule is CC1(C)CC(NC=O)(C(=O)O)C1. The second-order valence-electron chi connectivity index (χ2n) is 4.17. The summed E-state index contributed by atoms with van der Waals surface area (Å²) in [7, 11) is 0. The number of hydrogen-bond acceptors (Lipinski definition) is 2. The van der Waals surface area contributed by atoms with Crippen molar-refractivity contribution >= 4 is 12.4 Å². The molecule has 0 aromatic heterocycles. The molecule has 4 nitrogen and oxygen atoms in total. The fraction of sp³-hybridized carbons (Fsp3) is 0.750. The number of carboxylic acids is 1. The molecule has 0 aromatic rings. The Labute approximate surface area is 71.0 Å². The molecule has 1 aliphatic rings. The van der Waals surface area contributed by atoms with Gasteiger partial charge in [0, 0.05) is 0 Å². The molecule has 1 amide bonds. The van der Waals surface area contributed by atoms with E-state index in [4.69, 9.17) is 5.11 Å². The minimum absolute atomic E-state index is 0.0361. The molecular weight excluding hydrogens is 158 g/mol. The molecule has 0 radical (unpaired) electrons. The van der Waals surface area contributed by atoms with Crippen molar-refractivity contribution < 1.29 is 14.7 Å². The quantitative estimate of drug-likeness (QED) is 0.603. The monoisotopic (exact) mass is 171 g/mol. The minimum atomic E-state index is -0.995. The van der Waals surface area contributed by atoms with Gasteiger partial charge in [-0.1, -0.05) is 13.8 Å². The number of rotatable bonds is 3. The Balaban J connectivity index is 2.68. The van der Waals surface area contributed by atoms with Gasteiger partial charge in [0.25, 0.3) is 0 Å². The molecule has 0 spiro atoms. The highest BCUT2D eigenvalue weighted by molar-refractivity contribution is 5.83. The summed E-state index contributed by atoms with van der Waals surface area (Å²) >= 11 is 0. The van der Waals surface area contributed by atoms with Crippen molar-refractivity contribution in [2.75, 3.05) is 0 Å². The van der Waals surface area contributed by atoms with Gasteiger partial charge < -0.3 is 10.4 Å². The van der Waals surface area contributed by atoms with E-state index in [0.29, 0.717) is 19.3 Å². The summed E-state index contributed by atoms with van der Waals surface area (Å²) in [6.45, 7) is 3.97. The van der Waals surface area contributed by atoms with Crippen molar-refractivity contribution in [3.8, 4) is 0 Å². The summed E-state index contributed by atoms with van der Waals surface area (Å²) in [5, 5.41) is 11.2. The summed E-state index contributed by atoms with van der Waals surface area (Å²) < 4.78 is 0. The van der Waals surface area contributed by atoms with Crippen molar-refractivity contribution in [3.63, 3.8) is 0 Å². The minimum Gasteiger partial charge on any atom is -0.480 e. The van der Waals surface area contributed by atoms with Crippen LogP contribution in [0.1, 0.15) is 26.7 Å². The van der Waals surface area contributed by atoms with Crippen molar-refractivity contribution in [1.82, 2.24) is 5.32 Å². The van der Waals surface area contributed by atoms with E-state index >= 15 is 0 Å². The van der Waals surface area contributed by atoms with E-state index in [1.165, 1.54) is 0 Å². The zero-order valence-electron chi connectivity index (χ0n) is 7.26. The highest BCUT2D eigenvalue weighted by Crippen LogP contribution is 2.47. The van der Waals surface area contributed by atoms with Gasteiger partial charge in [-0.15, -0.1) is 0 Å². The standard InChI is InChI=1S/C8H13NO3/c1-7(2)3-8(4-7,6(11)12)9-5-10/h5H,3-4H2,1-2H3,(H,9,10)(H,11,12). The lowest BCUT2D eigenvalue weighted by Gasteiger charge is -2.49. The number of hydrogen-bond donors (Lipinski definition) is 2. The number of carbonyl (C=O) groups excluding carboxylic acids is 1. The predicted molar refractivity (Wildman–Crippen MR) is 42.6 cm³/mol. The maximum absolute atomic E-state index is 10.8. The van der Waals surface area contributed by atoms with Crippen molar-refractivity contribution in [2.45, 2.75) is 32.2 Å². The van der Waals surface area contributed by atoms with Crippen LogP contribution in [0.3, 0.4) is 0 Å². The first-order valence-electron chi connectivity index (χ1n) is 3.87. The van der Waals surface area contributed by atoms with Crippen LogP contribution in [0.5, 0.6) is 0 Å². The fourth-order valence-electron chi connectivity index (χ4n) is 2.01. The molecule has 68 valence electrons. The van der Waals surface area contributed by atoms with E-state index in [9.17, 15) is 9.59 Å². The molecule has 1 aliphatic carbocycles. The summed E-state index contributed by atoms with van der Waals surface area (Å²) in [6, 6.07) is 0. The van der Waals surface area contributed by atoms with E-state index in [1.54, 1.807) is 0 Å². The highest BCUT2D eigenvalue weighted by Gasteiger charge is 2.54. The fourth-order valence-corrected chi connectivity index (χ4v) is 2.01. The van der Waals surface area contributed by atoms with Crippen molar-refractivity contribution in [2.24, 2.45) is 5.41 Å².